The second-order valence-corrected chi connectivity index (χ2v) is 53.7. The highest BCUT2D eigenvalue weighted by Crippen LogP contribution is 2.65. The van der Waals surface area contributed by atoms with Crippen molar-refractivity contribution in [2.75, 3.05) is 21.3 Å². The predicted octanol–water partition coefficient (Wildman–Crippen LogP) is 24.2. The SMILES string of the molecule is CC(C)(C)C[C@H]1N[C@@H](C(=O)CC2CC(C)(O)C2)[C@H](c2ccc(F)c(Cl)c2)[C@@]12C(=O)Nc1cc(Cl)c(F)cc12.CC(C)(C)C[C@H]1N[C@@H](C(=O)CC2CC(C)(O)C2)[C@H](c2ccc(F)c(Cl)c2)[C@@]12C(=O)Nc1cc(Cl)ccc12.CC(C)(C)C[C@H]1N[C@@H](C(=O)CC2CC(C)(O)C2)[C@H](c2cccc(Cl)c2)[C@@]12C(=O)Nc1cc(Cl)c(F)cc12.CC(C)(C)C[C@H]1N[C@@H](C(=O)CC2CC(C)(O)C2)[C@H](c2cccc(Cl)c2F)[C@@]12C(=O)Nc1cc(Cl)ccc12. The smallest absolute Gasteiger partial charge is 0.237 e. The quantitative estimate of drug-likeness (QED) is 0.0316. The van der Waals surface area contributed by atoms with Gasteiger partial charge in [0.2, 0.25) is 23.6 Å². The van der Waals surface area contributed by atoms with Gasteiger partial charge in [0, 0.05) is 111 Å². The van der Waals surface area contributed by atoms with Gasteiger partial charge in [0.15, 0.2) is 23.1 Å². The number of ketones is 4. The van der Waals surface area contributed by atoms with E-state index in [0.29, 0.717) is 156 Å². The molecule has 12 aliphatic rings. The van der Waals surface area contributed by atoms with E-state index in [-0.39, 0.29) is 142 Å². The highest BCUT2D eigenvalue weighted by molar-refractivity contribution is 6.34. The number of halogens is 13. The molecule has 798 valence electrons. The maximum absolute atomic E-state index is 15.7. The average Bonchev–Trinajstić information content (AvgIpc) is 1.53. The molecule has 12 N–H and O–H groups in total. The van der Waals surface area contributed by atoms with Crippen LogP contribution >= 0.6 is 92.8 Å². The average molecular weight is 2210 g/mol. The van der Waals surface area contributed by atoms with Gasteiger partial charge in [0.1, 0.15) is 50.7 Å². The van der Waals surface area contributed by atoms with Crippen LogP contribution in [0.1, 0.15) is 282 Å². The van der Waals surface area contributed by atoms with Crippen LogP contribution in [0.5, 0.6) is 0 Å². The molecule has 4 saturated heterocycles. The standard InChI is InChI=1S/C29H32Cl2F2N2O3.3C29H33Cl2FN2O3/c1-27(2,3)13-23-29(16-9-20(33)18(31)10-21(16)34-26(29)37)24(15-5-6-19(32)17(30)8-15)25(35-23)22(36)7-14-11-28(4,38)12-14;1-27(2,3)14-23-29(18-7-6-17(30)11-21(18)33-26(29)36)24(16-5-8-20(32)19(31)10-16)25(34-23)22(35)9-15-12-28(4,37)13-15;1-27(2,3)14-23-29(18-10-20(32)19(31)11-21(18)33-26(29)36)24(16-6-5-7-17(30)9-16)25(34-23)22(35)8-15-12-28(4,37)13-15;1-27(2,3)14-22-29(18-9-8-16(30)11-20(18)33-26(29)36)23(17-6-5-7-19(31)24(17)32)25(34-22)21(35)10-15-12-28(4,37)13-15/h5-6,8-10,14,23-25,35,38H,7,11-13H2,1-4H3,(H,34,37);5-8,10-11,15,23-25,34,37H,9,12-14H2,1-4H3,(H,33,36);5-7,9-11,15,23-25,34,37H,8,12-14H2,1-4H3,(H,33,36);5-9,11,15,22-23,25,34,37H,10,12-14H2,1-4H3,(H,33,36)/t14?,23-,24+,25+,28?,29+;2*15?,23-,24+,25+,28?,29+;15?,22-,23+,25+,28?,29+/m1111/s1. The number of nitrogens with one attached hydrogen (secondary N) is 8. The number of benzene rings is 8. The number of amides is 4. The first kappa shape index (κ1) is 112. The molecule has 149 heavy (non-hydrogen) atoms. The Bertz CT molecular complexity index is 6690. The van der Waals surface area contributed by atoms with E-state index < -0.39 is 139 Å². The van der Waals surface area contributed by atoms with E-state index >= 15 is 4.39 Å². The van der Waals surface area contributed by atoms with E-state index in [9.17, 15) is 76.3 Å². The number of hydrogen-bond acceptors (Lipinski definition) is 16. The Morgan fingerprint density at radius 2 is 0.577 bits per heavy atom. The van der Waals surface area contributed by atoms with Crippen LogP contribution in [0.4, 0.5) is 44.7 Å². The summed E-state index contributed by atoms with van der Waals surface area (Å²) < 4.78 is 74.1. The lowest BCUT2D eigenvalue weighted by atomic mass is 9.61. The van der Waals surface area contributed by atoms with Gasteiger partial charge in [-0.05, 0) is 286 Å². The maximum Gasteiger partial charge on any atom is 0.237 e. The van der Waals surface area contributed by atoms with Crippen molar-refractivity contribution in [3.05, 3.63) is 253 Å². The molecule has 20 nitrogen and oxygen atoms in total. The molecule has 0 aromatic heterocycles. The fraction of sp³-hybridized carbons (Fsp3) is 0.517. The van der Waals surface area contributed by atoms with Crippen molar-refractivity contribution in [3.63, 3.8) is 0 Å². The Morgan fingerprint density at radius 3 is 0.872 bits per heavy atom. The van der Waals surface area contributed by atoms with Crippen LogP contribution in [0, 0.1) is 74.4 Å². The van der Waals surface area contributed by atoms with Crippen molar-refractivity contribution in [1.82, 2.24) is 21.3 Å². The monoisotopic (exact) mass is 2200 g/mol. The minimum Gasteiger partial charge on any atom is -0.390 e. The Morgan fingerprint density at radius 1 is 0.309 bits per heavy atom. The summed E-state index contributed by atoms with van der Waals surface area (Å²) in [5, 5.41) is 67.9. The molecule has 8 aromatic rings. The molecule has 4 spiro atoms. The molecule has 0 radical (unpaired) electrons. The Balaban J connectivity index is 0.000000135. The number of anilines is 4. The number of aliphatic hydroxyl groups is 4. The Labute approximate surface area is 907 Å². The van der Waals surface area contributed by atoms with Crippen LogP contribution in [0.25, 0.3) is 0 Å². The fourth-order valence-electron chi connectivity index (χ4n) is 27.7. The highest BCUT2D eigenvalue weighted by atomic mass is 35.5. The molecule has 4 amide bonds. The molecule has 8 aliphatic heterocycles. The summed E-state index contributed by atoms with van der Waals surface area (Å²) in [4.78, 5) is 112. The number of carbonyl (C=O) groups excluding carboxylic acids is 8. The predicted molar refractivity (Wildman–Crippen MR) is 575 cm³/mol. The van der Waals surface area contributed by atoms with Gasteiger partial charge in [-0.15, -0.1) is 0 Å². The van der Waals surface area contributed by atoms with Crippen molar-refractivity contribution in [2.24, 2.45) is 45.3 Å². The zero-order valence-corrected chi connectivity index (χ0v) is 92.3. The van der Waals surface area contributed by atoms with E-state index in [4.69, 9.17) is 92.8 Å². The van der Waals surface area contributed by atoms with Crippen LogP contribution < -0.4 is 42.5 Å². The Kier molecular flexibility index (Phi) is 30.6. The van der Waals surface area contributed by atoms with Gasteiger partial charge in [-0.1, -0.05) is 224 Å². The van der Waals surface area contributed by atoms with Crippen molar-refractivity contribution >= 4 is 162 Å². The van der Waals surface area contributed by atoms with E-state index in [2.05, 4.69) is 105 Å². The van der Waals surface area contributed by atoms with E-state index in [1.807, 2.05) is 45.0 Å². The number of Topliss-reactive ketones (excluding diaryl/α,β-unsaturated/α-hetero) is 4. The molecule has 16 atom stereocenters. The molecule has 4 saturated carbocycles. The first-order chi connectivity index (χ1) is 69.3. The lowest BCUT2D eigenvalue weighted by Gasteiger charge is -2.41. The van der Waals surface area contributed by atoms with Crippen molar-refractivity contribution in [3.8, 4) is 0 Å². The first-order valence-electron chi connectivity index (χ1n) is 51.3. The topological polar surface area (TPSA) is 314 Å². The summed E-state index contributed by atoms with van der Waals surface area (Å²) in [5.74, 6) is -7.04. The van der Waals surface area contributed by atoms with Gasteiger partial charge < -0.3 is 63.0 Å². The van der Waals surface area contributed by atoms with Gasteiger partial charge in [0.05, 0.1) is 71.7 Å². The molecule has 20 rings (SSSR count). The molecule has 8 fully saturated rings. The zero-order valence-electron chi connectivity index (χ0n) is 86.3. The molecule has 0 unspecified atom stereocenters. The fourth-order valence-corrected chi connectivity index (χ4v) is 29.2. The minimum atomic E-state index is -1.37. The van der Waals surface area contributed by atoms with E-state index in [1.165, 1.54) is 48.5 Å². The molecule has 8 aromatic carbocycles. The van der Waals surface area contributed by atoms with Crippen LogP contribution in [-0.4, -0.2) is 138 Å². The molecule has 4 aliphatic carbocycles. The molecule has 33 heteroatoms. The lowest BCUT2D eigenvalue weighted by molar-refractivity contribution is -0.128. The third-order valence-electron chi connectivity index (χ3n) is 32.9. The first-order valence-corrected chi connectivity index (χ1v) is 54.3. The second-order valence-electron chi connectivity index (χ2n) is 50.4. The molecule has 0 bridgehead atoms. The van der Waals surface area contributed by atoms with Crippen LogP contribution in [-0.2, 0) is 60.0 Å². The van der Waals surface area contributed by atoms with Crippen LogP contribution in [0.3, 0.4) is 0 Å². The van der Waals surface area contributed by atoms with Crippen molar-refractivity contribution < 1.29 is 80.7 Å². The summed E-state index contributed by atoms with van der Waals surface area (Å²) in [6.45, 7) is 32.0. The maximum atomic E-state index is 15.7. The largest absolute Gasteiger partial charge is 0.390 e. The summed E-state index contributed by atoms with van der Waals surface area (Å²) >= 11 is 49.8. The van der Waals surface area contributed by atoms with E-state index in [1.54, 1.807) is 94.4 Å². The molecular weight excluding hydrogens is 2080 g/mol. The summed E-state index contributed by atoms with van der Waals surface area (Å²) in [5.41, 5.74) is -2.22. The third kappa shape index (κ3) is 21.5. The molecule has 8 heterocycles. The summed E-state index contributed by atoms with van der Waals surface area (Å²) in [6.07, 6.45) is 7.71. The second kappa shape index (κ2) is 40.6. The van der Waals surface area contributed by atoms with Gasteiger partial charge >= 0.3 is 0 Å². The van der Waals surface area contributed by atoms with Crippen LogP contribution in [0.15, 0.2) is 140 Å². The summed E-state index contributed by atoms with van der Waals surface area (Å²) in [6, 6.07) is 32.0. The summed E-state index contributed by atoms with van der Waals surface area (Å²) in [7, 11) is 0. The van der Waals surface area contributed by atoms with Crippen molar-refractivity contribution in [1.29, 1.82) is 0 Å². The zero-order chi connectivity index (χ0) is 109. The van der Waals surface area contributed by atoms with Gasteiger partial charge in [0.25, 0.3) is 0 Å². The number of rotatable bonds is 20. The highest BCUT2D eigenvalue weighted by Gasteiger charge is 2.72. The van der Waals surface area contributed by atoms with Gasteiger partial charge in [-0.25, -0.2) is 22.0 Å². The number of fused-ring (bicyclic) bond motifs is 8. The van der Waals surface area contributed by atoms with Crippen LogP contribution in [0.2, 0.25) is 40.2 Å². The normalized spacial score (nSPS) is 32.7. The van der Waals surface area contributed by atoms with Gasteiger partial charge in [-0.2, -0.15) is 0 Å². The number of carbonyl (C=O) groups is 8. The lowest BCUT2D eigenvalue weighted by Crippen LogP contribution is -2.49. The van der Waals surface area contributed by atoms with Gasteiger partial charge in [-0.3, -0.25) is 38.4 Å². The number of hydrogen-bond donors (Lipinski definition) is 12. The third-order valence-corrected chi connectivity index (χ3v) is 35.1. The van der Waals surface area contributed by atoms with Crippen molar-refractivity contribution in [2.45, 2.75) is 330 Å². The van der Waals surface area contributed by atoms with E-state index in [0.717, 1.165) is 11.1 Å². The minimum absolute atomic E-state index is 0.0167. The Hall–Kier alpha value is -8.03. The molecular formula is C116H131Cl8F5N8O12.